The molecule has 4 aromatic carbocycles. The first-order valence-electron chi connectivity index (χ1n) is 15.0. The quantitative estimate of drug-likeness (QED) is 0.115. The van der Waals surface area contributed by atoms with E-state index in [1.54, 1.807) is 0 Å². The lowest BCUT2D eigenvalue weighted by Gasteiger charge is -2.30. The Bertz CT molecular complexity index is 1700. The number of hydrazine groups is 1. The molecule has 236 valence electrons. The molecule has 9 nitrogen and oxygen atoms in total. The number of aliphatic hydroxyl groups excluding tert-OH is 1. The van der Waals surface area contributed by atoms with Crippen molar-refractivity contribution in [1.29, 1.82) is 0 Å². The Balaban J connectivity index is 1.31. The van der Waals surface area contributed by atoms with Gasteiger partial charge in [0.1, 0.15) is 5.75 Å². The minimum Gasteiger partial charge on any atom is -0.494 e. The summed E-state index contributed by atoms with van der Waals surface area (Å²) in [6, 6.07) is 30.7. The lowest BCUT2D eigenvalue weighted by Crippen LogP contribution is -2.52. The number of carbonyl (C=O) groups is 1. The highest BCUT2D eigenvalue weighted by Gasteiger charge is 2.52. The number of rotatable bonds is 13. The van der Waals surface area contributed by atoms with E-state index in [1.165, 1.54) is 0 Å². The van der Waals surface area contributed by atoms with E-state index in [4.69, 9.17) is 29.0 Å². The molecule has 2 aliphatic rings. The van der Waals surface area contributed by atoms with Gasteiger partial charge in [0, 0.05) is 36.0 Å². The van der Waals surface area contributed by atoms with Crippen molar-refractivity contribution >= 4 is 33.8 Å². The van der Waals surface area contributed by atoms with Crippen LogP contribution < -0.4 is 25.1 Å². The van der Waals surface area contributed by atoms with Crippen LogP contribution in [0.3, 0.4) is 0 Å². The van der Waals surface area contributed by atoms with Gasteiger partial charge in [0.15, 0.2) is 23.1 Å². The van der Waals surface area contributed by atoms with Crippen LogP contribution in [0.4, 0.5) is 0 Å². The average molecular weight is 685 g/mol. The number of benzene rings is 4. The number of ether oxygens (including phenoxy) is 4. The third-order valence-electron chi connectivity index (χ3n) is 7.67. The molecule has 6 rings (SSSR count). The zero-order valence-electron chi connectivity index (χ0n) is 25.0. The first-order valence-corrected chi connectivity index (χ1v) is 15.8. The van der Waals surface area contributed by atoms with Gasteiger partial charge >= 0.3 is 0 Å². The smallest absolute Gasteiger partial charge is 0.266 e. The van der Waals surface area contributed by atoms with Gasteiger partial charge in [-0.1, -0.05) is 76.6 Å². The third-order valence-corrected chi connectivity index (χ3v) is 8.20. The average Bonchev–Trinajstić information content (AvgIpc) is 3.72. The molecule has 3 N–H and O–H groups in total. The number of hydrogen-bond donors (Lipinski definition) is 3. The summed E-state index contributed by atoms with van der Waals surface area (Å²) in [5.41, 5.74) is 8.12. The molecule has 0 aromatic heterocycles. The first kappa shape index (κ1) is 31.3. The van der Waals surface area contributed by atoms with Gasteiger partial charge in [-0.3, -0.25) is 10.2 Å². The number of carbonyl (C=O) groups excluding carboxylic acids is 1. The second-order valence-electron chi connectivity index (χ2n) is 10.9. The van der Waals surface area contributed by atoms with Crippen molar-refractivity contribution in [3.63, 3.8) is 0 Å². The van der Waals surface area contributed by atoms with Crippen molar-refractivity contribution in [1.82, 2.24) is 10.9 Å². The predicted molar refractivity (Wildman–Crippen MR) is 179 cm³/mol. The molecule has 1 amide bonds. The lowest BCUT2D eigenvalue weighted by atomic mass is 9.84. The fourth-order valence-electron chi connectivity index (χ4n) is 5.28. The first-order chi connectivity index (χ1) is 22.5. The summed E-state index contributed by atoms with van der Waals surface area (Å²) in [6.07, 6.45) is 4.05. The SMILES string of the molecule is O=C(NNCc1ccc2c(c1)OCO2)[C@@]1(C/C=C/c2ccccc2)N=C(c2ccc(OCCCO)cc2)O[C@H]1c1ccc(Br)cc1. The van der Waals surface area contributed by atoms with Crippen LogP contribution in [0.1, 0.15) is 41.2 Å². The summed E-state index contributed by atoms with van der Waals surface area (Å²) in [5.74, 6) is 2.06. The number of halogens is 1. The van der Waals surface area contributed by atoms with Gasteiger partial charge in [0.25, 0.3) is 5.91 Å². The molecular formula is C36H34BrN3O6. The van der Waals surface area contributed by atoms with Gasteiger partial charge in [-0.15, -0.1) is 0 Å². The lowest BCUT2D eigenvalue weighted by molar-refractivity contribution is -0.129. The van der Waals surface area contributed by atoms with Gasteiger partial charge in [-0.25, -0.2) is 10.4 Å². The van der Waals surface area contributed by atoms with E-state index >= 15 is 0 Å². The van der Waals surface area contributed by atoms with E-state index in [0.29, 0.717) is 48.3 Å². The van der Waals surface area contributed by atoms with E-state index in [1.807, 2.05) is 109 Å². The maximum Gasteiger partial charge on any atom is 0.266 e. The highest BCUT2D eigenvalue weighted by molar-refractivity contribution is 9.10. The normalized spacial score (nSPS) is 18.3. The second kappa shape index (κ2) is 14.6. The summed E-state index contributed by atoms with van der Waals surface area (Å²) >= 11 is 3.52. The maximum absolute atomic E-state index is 14.3. The van der Waals surface area contributed by atoms with Gasteiger partial charge in [-0.2, -0.15) is 0 Å². The number of nitrogens with one attached hydrogen (secondary N) is 2. The molecular weight excluding hydrogens is 650 g/mol. The Labute approximate surface area is 276 Å². The Morgan fingerprint density at radius 1 is 1.00 bits per heavy atom. The second-order valence-corrected chi connectivity index (χ2v) is 11.8. The molecule has 0 saturated heterocycles. The zero-order chi connectivity index (χ0) is 31.8. The Morgan fingerprint density at radius 2 is 1.78 bits per heavy atom. The summed E-state index contributed by atoms with van der Waals surface area (Å²) in [5, 5.41) is 9.07. The molecule has 0 radical (unpaired) electrons. The van der Waals surface area contributed by atoms with Gasteiger partial charge < -0.3 is 24.1 Å². The standard InChI is InChI=1S/C36H34BrN3O6/c37-29-14-10-27(11-15-29)33-36(19-4-8-25-6-2-1-3-7-25,35(42)40-38-23-26-9-18-31-32(22-26)45-24-44-31)39-34(46-33)28-12-16-30(17-13-28)43-21-5-20-41/h1-4,6-18,22,33,38,41H,5,19-21,23-24H2,(H,40,42)/b8-4+/t33-,36-/m0/s1. The van der Waals surface area contributed by atoms with E-state index in [0.717, 1.165) is 21.2 Å². The van der Waals surface area contributed by atoms with Crippen LogP contribution in [0.5, 0.6) is 17.2 Å². The van der Waals surface area contributed by atoms with Crippen LogP contribution in [0.2, 0.25) is 0 Å². The van der Waals surface area contributed by atoms with E-state index < -0.39 is 11.6 Å². The minimum atomic E-state index is -1.34. The van der Waals surface area contributed by atoms with Crippen molar-refractivity contribution in [3.05, 3.63) is 130 Å². The Hall–Kier alpha value is -4.64. The summed E-state index contributed by atoms with van der Waals surface area (Å²) in [4.78, 5) is 19.4. The molecule has 4 aromatic rings. The van der Waals surface area contributed by atoms with E-state index in [9.17, 15) is 4.79 Å². The molecule has 0 spiro atoms. The largest absolute Gasteiger partial charge is 0.494 e. The molecule has 2 aliphatic heterocycles. The molecule has 0 bridgehead atoms. The number of fused-ring (bicyclic) bond motifs is 1. The van der Waals surface area contributed by atoms with Crippen LogP contribution in [0.15, 0.2) is 113 Å². The molecule has 46 heavy (non-hydrogen) atoms. The molecule has 2 heterocycles. The monoisotopic (exact) mass is 683 g/mol. The number of nitrogens with zero attached hydrogens (tertiary/aromatic N) is 1. The summed E-state index contributed by atoms with van der Waals surface area (Å²) < 4.78 is 24.1. The van der Waals surface area contributed by atoms with Crippen molar-refractivity contribution < 1.29 is 28.8 Å². The summed E-state index contributed by atoms with van der Waals surface area (Å²) in [7, 11) is 0. The number of aliphatic imine (C=N–C) groups is 1. The van der Waals surface area contributed by atoms with Gasteiger partial charge in [-0.05, 0) is 65.2 Å². The van der Waals surface area contributed by atoms with Crippen LogP contribution in [-0.4, -0.2) is 42.5 Å². The fraction of sp³-hybridized carbons (Fsp3) is 0.222. The molecule has 0 aliphatic carbocycles. The predicted octanol–water partition coefficient (Wildman–Crippen LogP) is 6.12. The van der Waals surface area contributed by atoms with Crippen LogP contribution in [0, 0.1) is 0 Å². The van der Waals surface area contributed by atoms with E-state index in [-0.39, 0.29) is 25.7 Å². The van der Waals surface area contributed by atoms with Crippen molar-refractivity contribution in [2.45, 2.75) is 31.0 Å². The molecule has 0 unspecified atom stereocenters. The highest BCUT2D eigenvalue weighted by atomic mass is 79.9. The van der Waals surface area contributed by atoms with Crippen LogP contribution >= 0.6 is 15.9 Å². The van der Waals surface area contributed by atoms with Crippen molar-refractivity contribution in [3.8, 4) is 17.2 Å². The molecule has 0 saturated carbocycles. The topological polar surface area (TPSA) is 111 Å². The Morgan fingerprint density at radius 3 is 2.57 bits per heavy atom. The summed E-state index contributed by atoms with van der Waals surface area (Å²) in [6.45, 7) is 1.03. The van der Waals surface area contributed by atoms with Gasteiger partial charge in [0.2, 0.25) is 12.7 Å². The molecule has 0 fully saturated rings. The highest BCUT2D eigenvalue weighted by Crippen LogP contribution is 2.43. The van der Waals surface area contributed by atoms with Crippen molar-refractivity contribution in [2.24, 2.45) is 4.99 Å². The fourth-order valence-corrected chi connectivity index (χ4v) is 5.54. The maximum atomic E-state index is 14.3. The van der Waals surface area contributed by atoms with Crippen LogP contribution in [0.25, 0.3) is 6.08 Å². The molecule has 2 atom stereocenters. The van der Waals surface area contributed by atoms with Crippen molar-refractivity contribution in [2.75, 3.05) is 20.0 Å². The number of hydrogen-bond acceptors (Lipinski definition) is 8. The number of amides is 1. The third kappa shape index (κ3) is 7.25. The zero-order valence-corrected chi connectivity index (χ0v) is 26.6. The molecule has 10 heteroatoms. The Kier molecular flexibility index (Phi) is 9.97. The van der Waals surface area contributed by atoms with Gasteiger partial charge in [0.05, 0.1) is 6.61 Å². The van der Waals surface area contributed by atoms with E-state index in [2.05, 4.69) is 26.8 Å². The number of aliphatic hydroxyl groups is 1. The minimum absolute atomic E-state index is 0.0641. The van der Waals surface area contributed by atoms with Crippen LogP contribution in [-0.2, 0) is 16.1 Å².